The standard InChI is InChI=1S/C23H33N3O3S2/c1-15-12-17(27)13-16(2)19(15)14-20(24)23(29)26(21(22(25)28)8-11-30-3)9-4-6-18-7-5-10-31-18/h5,7,10,12-13,20-21,27H,4,6,8-9,11,14,24H2,1-3H3,(H2,25,28)/t20-,21+/m0/s1. The zero-order valence-electron chi connectivity index (χ0n) is 18.5. The highest BCUT2D eigenvalue weighted by Crippen LogP contribution is 2.23. The monoisotopic (exact) mass is 463 g/mol. The lowest BCUT2D eigenvalue weighted by Crippen LogP contribution is -2.54. The summed E-state index contributed by atoms with van der Waals surface area (Å²) in [4.78, 5) is 28.4. The minimum absolute atomic E-state index is 0.194. The van der Waals surface area contributed by atoms with Crippen molar-refractivity contribution in [2.24, 2.45) is 11.5 Å². The largest absolute Gasteiger partial charge is 0.508 e. The fourth-order valence-corrected chi connectivity index (χ4v) is 5.00. The number of nitrogens with zero attached hydrogens (tertiary/aromatic N) is 1. The summed E-state index contributed by atoms with van der Waals surface area (Å²) in [5.41, 5.74) is 14.8. The van der Waals surface area contributed by atoms with E-state index in [1.807, 2.05) is 31.5 Å². The molecule has 0 aliphatic heterocycles. The minimum atomic E-state index is -0.792. The number of hydrogen-bond acceptors (Lipinski definition) is 6. The van der Waals surface area contributed by atoms with Crippen LogP contribution in [0.2, 0.25) is 0 Å². The first-order valence-electron chi connectivity index (χ1n) is 10.4. The van der Waals surface area contributed by atoms with Crippen LogP contribution in [0, 0.1) is 13.8 Å². The second-order valence-electron chi connectivity index (χ2n) is 7.78. The summed E-state index contributed by atoms with van der Waals surface area (Å²) < 4.78 is 0. The van der Waals surface area contributed by atoms with E-state index in [1.54, 1.807) is 40.1 Å². The van der Waals surface area contributed by atoms with E-state index in [0.717, 1.165) is 35.3 Å². The molecule has 1 aromatic heterocycles. The van der Waals surface area contributed by atoms with Crippen LogP contribution in [0.15, 0.2) is 29.6 Å². The molecule has 6 nitrogen and oxygen atoms in total. The fraction of sp³-hybridized carbons (Fsp3) is 0.478. The van der Waals surface area contributed by atoms with E-state index in [1.165, 1.54) is 4.88 Å². The van der Waals surface area contributed by atoms with Crippen LogP contribution in [-0.4, -0.2) is 52.5 Å². The van der Waals surface area contributed by atoms with Crippen LogP contribution >= 0.6 is 23.1 Å². The molecule has 0 saturated carbocycles. The maximum absolute atomic E-state index is 13.4. The predicted molar refractivity (Wildman–Crippen MR) is 130 cm³/mol. The average Bonchev–Trinajstić information content (AvgIpc) is 3.22. The number of phenolic OH excluding ortho intramolecular Hbond substituents is 1. The van der Waals surface area contributed by atoms with E-state index in [-0.39, 0.29) is 11.7 Å². The molecule has 1 aromatic carbocycles. The molecule has 0 aliphatic rings. The molecular weight excluding hydrogens is 430 g/mol. The van der Waals surface area contributed by atoms with Crippen molar-refractivity contribution in [3.8, 4) is 5.75 Å². The normalized spacial score (nSPS) is 13.0. The molecule has 0 aliphatic carbocycles. The summed E-state index contributed by atoms with van der Waals surface area (Å²) in [6.45, 7) is 4.21. The molecule has 0 fully saturated rings. The van der Waals surface area contributed by atoms with E-state index in [0.29, 0.717) is 19.4 Å². The third kappa shape index (κ3) is 7.26. The van der Waals surface area contributed by atoms with Crippen molar-refractivity contribution in [2.75, 3.05) is 18.6 Å². The molecule has 0 radical (unpaired) electrons. The predicted octanol–water partition coefficient (Wildman–Crippen LogP) is 3.01. The number of phenols is 1. The van der Waals surface area contributed by atoms with Gasteiger partial charge in [-0.25, -0.2) is 0 Å². The Kier molecular flexibility index (Phi) is 9.87. The summed E-state index contributed by atoms with van der Waals surface area (Å²) in [6, 6.07) is 5.95. The van der Waals surface area contributed by atoms with Crippen LogP contribution in [-0.2, 0) is 22.4 Å². The molecule has 2 aromatic rings. The topological polar surface area (TPSA) is 110 Å². The number of hydrogen-bond donors (Lipinski definition) is 3. The Morgan fingerprint density at radius 3 is 2.48 bits per heavy atom. The summed E-state index contributed by atoms with van der Waals surface area (Å²) in [6.07, 6.45) is 4.38. The smallest absolute Gasteiger partial charge is 0.240 e. The Labute approximate surface area is 193 Å². The Balaban J connectivity index is 2.19. The summed E-state index contributed by atoms with van der Waals surface area (Å²) in [7, 11) is 0. The second-order valence-corrected chi connectivity index (χ2v) is 9.80. The molecule has 5 N–H and O–H groups in total. The molecule has 0 unspecified atom stereocenters. The van der Waals surface area contributed by atoms with Crippen LogP contribution in [0.4, 0.5) is 0 Å². The first-order chi connectivity index (χ1) is 14.7. The molecule has 2 rings (SSSR count). The molecular formula is C23H33N3O3S2. The average molecular weight is 464 g/mol. The van der Waals surface area contributed by atoms with Gasteiger partial charge in [0, 0.05) is 11.4 Å². The Hall–Kier alpha value is -2.03. The van der Waals surface area contributed by atoms with Gasteiger partial charge in [0.15, 0.2) is 0 Å². The molecule has 0 spiro atoms. The SMILES string of the molecule is CSCC[C@H](C(N)=O)N(CCCc1cccs1)C(=O)[C@@H](N)Cc1c(C)cc(O)cc1C. The Bertz CT molecular complexity index is 848. The van der Waals surface area contributed by atoms with E-state index in [4.69, 9.17) is 11.5 Å². The lowest BCUT2D eigenvalue weighted by molar-refractivity contribution is -0.140. The van der Waals surface area contributed by atoms with E-state index >= 15 is 0 Å². The lowest BCUT2D eigenvalue weighted by atomic mass is 9.95. The highest BCUT2D eigenvalue weighted by molar-refractivity contribution is 7.98. The van der Waals surface area contributed by atoms with E-state index in [9.17, 15) is 14.7 Å². The fourth-order valence-electron chi connectivity index (χ4n) is 3.79. The number of primary amides is 1. The number of carbonyl (C=O) groups excluding carboxylic acids is 2. The molecule has 0 saturated heterocycles. The zero-order valence-corrected chi connectivity index (χ0v) is 20.1. The first kappa shape index (κ1) is 25.2. The van der Waals surface area contributed by atoms with Crippen molar-refractivity contribution in [1.82, 2.24) is 4.90 Å². The van der Waals surface area contributed by atoms with E-state index in [2.05, 4.69) is 6.07 Å². The van der Waals surface area contributed by atoms with Crippen LogP contribution in [0.3, 0.4) is 0 Å². The number of thioether (sulfide) groups is 1. The molecule has 0 bridgehead atoms. The van der Waals surface area contributed by atoms with Gasteiger partial charge in [0.2, 0.25) is 11.8 Å². The molecule has 170 valence electrons. The van der Waals surface area contributed by atoms with Gasteiger partial charge in [0.1, 0.15) is 11.8 Å². The van der Waals surface area contributed by atoms with Crippen molar-refractivity contribution in [3.05, 3.63) is 51.2 Å². The van der Waals surface area contributed by atoms with Crippen LogP contribution in [0.25, 0.3) is 0 Å². The van der Waals surface area contributed by atoms with Gasteiger partial charge in [-0.3, -0.25) is 9.59 Å². The number of aromatic hydroxyl groups is 1. The molecule has 1 heterocycles. The van der Waals surface area contributed by atoms with Gasteiger partial charge < -0.3 is 21.5 Å². The summed E-state index contributed by atoms with van der Waals surface area (Å²) in [5, 5.41) is 11.8. The molecule has 2 atom stereocenters. The molecule has 31 heavy (non-hydrogen) atoms. The van der Waals surface area contributed by atoms with Crippen molar-refractivity contribution < 1.29 is 14.7 Å². The minimum Gasteiger partial charge on any atom is -0.508 e. The molecule has 2 amide bonds. The van der Waals surface area contributed by atoms with Crippen molar-refractivity contribution >= 4 is 34.9 Å². The van der Waals surface area contributed by atoms with Gasteiger partial charge in [-0.05, 0) is 91.8 Å². The van der Waals surface area contributed by atoms with Crippen LogP contribution in [0.5, 0.6) is 5.75 Å². The third-order valence-corrected chi connectivity index (χ3v) is 6.99. The van der Waals surface area contributed by atoms with Crippen LogP contribution < -0.4 is 11.5 Å². The molecule has 8 heteroatoms. The van der Waals surface area contributed by atoms with Crippen LogP contribution in [0.1, 0.15) is 34.4 Å². The van der Waals surface area contributed by atoms with Gasteiger partial charge in [-0.2, -0.15) is 11.8 Å². The lowest BCUT2D eigenvalue weighted by Gasteiger charge is -2.32. The van der Waals surface area contributed by atoms with Crippen molar-refractivity contribution in [1.29, 1.82) is 0 Å². The highest BCUT2D eigenvalue weighted by atomic mass is 32.2. The number of carbonyl (C=O) groups is 2. The van der Waals surface area contributed by atoms with Gasteiger partial charge in [-0.1, -0.05) is 6.07 Å². The Morgan fingerprint density at radius 2 is 1.94 bits per heavy atom. The second kappa shape index (κ2) is 12.1. The first-order valence-corrected chi connectivity index (χ1v) is 12.7. The number of amides is 2. The van der Waals surface area contributed by atoms with Gasteiger partial charge in [0.05, 0.1) is 6.04 Å². The maximum Gasteiger partial charge on any atom is 0.240 e. The Morgan fingerprint density at radius 1 is 1.26 bits per heavy atom. The van der Waals surface area contributed by atoms with Gasteiger partial charge >= 0.3 is 0 Å². The maximum atomic E-state index is 13.4. The number of benzene rings is 1. The van der Waals surface area contributed by atoms with Gasteiger partial charge in [-0.15, -0.1) is 11.3 Å². The van der Waals surface area contributed by atoms with E-state index < -0.39 is 18.0 Å². The number of rotatable bonds is 12. The number of thiophene rings is 1. The summed E-state index contributed by atoms with van der Waals surface area (Å²) in [5.74, 6) is 0.165. The zero-order chi connectivity index (χ0) is 23.0. The number of aryl methyl sites for hydroxylation is 3. The highest BCUT2D eigenvalue weighted by Gasteiger charge is 2.31. The summed E-state index contributed by atoms with van der Waals surface area (Å²) >= 11 is 3.30. The van der Waals surface area contributed by atoms with Crippen molar-refractivity contribution in [3.63, 3.8) is 0 Å². The number of nitrogens with two attached hydrogens (primary N) is 2. The quantitative estimate of drug-likeness (QED) is 0.448. The van der Waals surface area contributed by atoms with Crippen molar-refractivity contribution in [2.45, 2.75) is 51.6 Å². The third-order valence-electron chi connectivity index (χ3n) is 5.41. The van der Waals surface area contributed by atoms with Gasteiger partial charge in [0.25, 0.3) is 0 Å².